The molecule has 0 aliphatic heterocycles. The second kappa shape index (κ2) is 5.21. The van der Waals surface area contributed by atoms with Crippen molar-refractivity contribution in [1.82, 2.24) is 4.98 Å². The number of ketones is 1. The van der Waals surface area contributed by atoms with Gasteiger partial charge in [0, 0.05) is 12.4 Å². The van der Waals surface area contributed by atoms with Crippen LogP contribution in [0.25, 0.3) is 0 Å². The van der Waals surface area contributed by atoms with Crippen LogP contribution in [0.15, 0.2) is 36.7 Å². The lowest BCUT2D eigenvalue weighted by Crippen LogP contribution is -2.24. The first kappa shape index (κ1) is 12.1. The fourth-order valence-corrected chi connectivity index (χ4v) is 1.11. The van der Waals surface area contributed by atoms with Gasteiger partial charge in [0.15, 0.2) is 11.9 Å². The normalized spacial score (nSPS) is 11.6. The Morgan fingerprint density at radius 2 is 2.19 bits per heavy atom. The molecule has 0 fully saturated rings. The molecule has 0 saturated carbocycles. The zero-order valence-electron chi connectivity index (χ0n) is 9.27. The summed E-state index contributed by atoms with van der Waals surface area (Å²) in [5, 5.41) is 0. The fraction of sp³-hybridized carbons (Fsp3) is 0.250. The standard InChI is InChI=1S/C12H13NO3/c1-8(2)11(14)9(3)16-12(15)10-5-4-6-13-7-10/h4-7,9H,1H2,2-3H3. The summed E-state index contributed by atoms with van der Waals surface area (Å²) in [6.07, 6.45) is 2.13. The second-order valence-corrected chi connectivity index (χ2v) is 3.43. The molecule has 0 spiro atoms. The van der Waals surface area contributed by atoms with E-state index in [-0.39, 0.29) is 5.78 Å². The maximum Gasteiger partial charge on any atom is 0.340 e. The summed E-state index contributed by atoms with van der Waals surface area (Å²) in [6.45, 7) is 6.60. The van der Waals surface area contributed by atoms with Crippen LogP contribution in [-0.2, 0) is 9.53 Å². The van der Waals surface area contributed by atoms with Crippen molar-refractivity contribution in [3.8, 4) is 0 Å². The Morgan fingerprint density at radius 3 is 2.69 bits per heavy atom. The van der Waals surface area contributed by atoms with Gasteiger partial charge in [-0.3, -0.25) is 9.78 Å². The van der Waals surface area contributed by atoms with Crippen molar-refractivity contribution in [3.63, 3.8) is 0 Å². The third-order valence-corrected chi connectivity index (χ3v) is 1.97. The highest BCUT2D eigenvalue weighted by Crippen LogP contribution is 2.05. The smallest absolute Gasteiger partial charge is 0.340 e. The number of aromatic nitrogens is 1. The molecule has 0 aliphatic rings. The highest BCUT2D eigenvalue weighted by Gasteiger charge is 2.18. The first-order valence-corrected chi connectivity index (χ1v) is 4.83. The molecule has 1 atom stereocenters. The molecule has 1 unspecified atom stereocenters. The predicted molar refractivity (Wildman–Crippen MR) is 58.9 cm³/mol. The molecule has 0 aromatic carbocycles. The van der Waals surface area contributed by atoms with Gasteiger partial charge in [0.2, 0.25) is 0 Å². The lowest BCUT2D eigenvalue weighted by Gasteiger charge is -2.11. The molecule has 16 heavy (non-hydrogen) atoms. The van der Waals surface area contributed by atoms with Gasteiger partial charge in [-0.25, -0.2) is 4.79 Å². The van der Waals surface area contributed by atoms with E-state index in [2.05, 4.69) is 11.6 Å². The van der Waals surface area contributed by atoms with Gasteiger partial charge in [-0.05, 0) is 31.6 Å². The average molecular weight is 219 g/mol. The van der Waals surface area contributed by atoms with Crippen molar-refractivity contribution in [1.29, 1.82) is 0 Å². The third kappa shape index (κ3) is 3.02. The van der Waals surface area contributed by atoms with E-state index in [1.807, 2.05) is 0 Å². The van der Waals surface area contributed by atoms with E-state index < -0.39 is 12.1 Å². The van der Waals surface area contributed by atoms with Crippen molar-refractivity contribution in [3.05, 3.63) is 42.2 Å². The maximum absolute atomic E-state index is 11.5. The lowest BCUT2D eigenvalue weighted by atomic mass is 10.1. The van der Waals surface area contributed by atoms with Crippen molar-refractivity contribution in [2.45, 2.75) is 20.0 Å². The number of carbonyl (C=O) groups excluding carboxylic acids is 2. The molecule has 0 aliphatic carbocycles. The van der Waals surface area contributed by atoms with Crippen LogP contribution in [-0.4, -0.2) is 22.8 Å². The Bertz CT molecular complexity index is 412. The summed E-state index contributed by atoms with van der Waals surface area (Å²) < 4.78 is 4.97. The summed E-state index contributed by atoms with van der Waals surface area (Å²) in [5.41, 5.74) is 0.690. The third-order valence-electron chi connectivity index (χ3n) is 1.97. The molecule has 0 bridgehead atoms. The van der Waals surface area contributed by atoms with Crippen LogP contribution in [0.5, 0.6) is 0 Å². The number of esters is 1. The minimum absolute atomic E-state index is 0.280. The van der Waals surface area contributed by atoms with Crippen LogP contribution in [0.1, 0.15) is 24.2 Å². The van der Waals surface area contributed by atoms with Gasteiger partial charge in [0.05, 0.1) is 5.56 Å². The monoisotopic (exact) mass is 219 g/mol. The highest BCUT2D eigenvalue weighted by atomic mass is 16.5. The second-order valence-electron chi connectivity index (χ2n) is 3.43. The topological polar surface area (TPSA) is 56.3 Å². The summed E-state index contributed by atoms with van der Waals surface area (Å²) in [7, 11) is 0. The minimum atomic E-state index is -0.815. The number of hydrogen-bond acceptors (Lipinski definition) is 4. The Hall–Kier alpha value is -1.97. The molecule has 4 nitrogen and oxygen atoms in total. The number of pyridine rings is 1. The molecular weight excluding hydrogens is 206 g/mol. The quantitative estimate of drug-likeness (QED) is 0.572. The van der Waals surface area contributed by atoms with Gasteiger partial charge < -0.3 is 4.74 Å². The molecule has 1 aromatic rings. The zero-order chi connectivity index (χ0) is 12.1. The number of nitrogens with zero attached hydrogens (tertiary/aromatic N) is 1. The van der Waals surface area contributed by atoms with Crippen LogP contribution in [0, 0.1) is 0 Å². The van der Waals surface area contributed by atoms with Gasteiger partial charge in [-0.1, -0.05) is 6.58 Å². The SMILES string of the molecule is C=C(C)C(=O)C(C)OC(=O)c1cccnc1. The highest BCUT2D eigenvalue weighted by molar-refractivity contribution is 5.99. The predicted octanol–water partition coefficient (Wildman–Crippen LogP) is 1.77. The summed E-state index contributed by atoms with van der Waals surface area (Å²) in [5.74, 6) is -0.840. The van der Waals surface area contributed by atoms with Crippen molar-refractivity contribution in [2.75, 3.05) is 0 Å². The van der Waals surface area contributed by atoms with Crippen molar-refractivity contribution >= 4 is 11.8 Å². The number of hydrogen-bond donors (Lipinski definition) is 0. The van der Waals surface area contributed by atoms with Crippen molar-refractivity contribution in [2.24, 2.45) is 0 Å². The first-order valence-electron chi connectivity index (χ1n) is 4.83. The largest absolute Gasteiger partial charge is 0.451 e. The Morgan fingerprint density at radius 1 is 1.50 bits per heavy atom. The molecule has 0 N–H and O–H groups in total. The van der Waals surface area contributed by atoms with Crippen LogP contribution in [0.4, 0.5) is 0 Å². The average Bonchev–Trinajstić information content (AvgIpc) is 2.28. The van der Waals surface area contributed by atoms with E-state index in [0.29, 0.717) is 11.1 Å². The van der Waals surface area contributed by atoms with E-state index in [0.717, 1.165) is 0 Å². The van der Waals surface area contributed by atoms with Gasteiger partial charge in [0.25, 0.3) is 0 Å². The number of Topliss-reactive ketones (excluding diaryl/α,β-unsaturated/α-hetero) is 1. The molecule has 0 amide bonds. The molecule has 1 rings (SSSR count). The number of carbonyl (C=O) groups is 2. The lowest BCUT2D eigenvalue weighted by molar-refractivity contribution is -0.123. The van der Waals surface area contributed by atoms with E-state index in [4.69, 9.17) is 4.74 Å². The first-order chi connectivity index (χ1) is 7.52. The zero-order valence-corrected chi connectivity index (χ0v) is 9.27. The van der Waals surface area contributed by atoms with Gasteiger partial charge >= 0.3 is 5.97 Å². The van der Waals surface area contributed by atoms with Gasteiger partial charge in [-0.2, -0.15) is 0 Å². The number of ether oxygens (including phenoxy) is 1. The van der Waals surface area contributed by atoms with Crippen molar-refractivity contribution < 1.29 is 14.3 Å². The summed E-state index contributed by atoms with van der Waals surface area (Å²) in [6, 6.07) is 3.20. The number of rotatable bonds is 4. The summed E-state index contributed by atoms with van der Waals surface area (Å²) >= 11 is 0. The molecule has 1 aromatic heterocycles. The van der Waals surface area contributed by atoms with E-state index in [1.54, 1.807) is 25.3 Å². The molecule has 84 valence electrons. The Kier molecular flexibility index (Phi) is 3.94. The van der Waals surface area contributed by atoms with E-state index >= 15 is 0 Å². The van der Waals surface area contributed by atoms with Crippen LogP contribution in [0.3, 0.4) is 0 Å². The molecule has 4 heteroatoms. The van der Waals surface area contributed by atoms with Gasteiger partial charge in [0.1, 0.15) is 0 Å². The van der Waals surface area contributed by atoms with Crippen LogP contribution >= 0.6 is 0 Å². The fourth-order valence-electron chi connectivity index (χ4n) is 1.11. The summed E-state index contributed by atoms with van der Waals surface area (Å²) in [4.78, 5) is 26.7. The van der Waals surface area contributed by atoms with Gasteiger partial charge in [-0.15, -0.1) is 0 Å². The minimum Gasteiger partial charge on any atom is -0.451 e. The Labute approximate surface area is 94.0 Å². The Balaban J connectivity index is 2.66. The molecule has 1 heterocycles. The van der Waals surface area contributed by atoms with Crippen LogP contribution in [0.2, 0.25) is 0 Å². The molecule has 0 radical (unpaired) electrons. The van der Waals surface area contributed by atoms with E-state index in [9.17, 15) is 9.59 Å². The molecule has 0 saturated heterocycles. The van der Waals surface area contributed by atoms with Crippen LogP contribution < -0.4 is 0 Å². The molecular formula is C12H13NO3. The van der Waals surface area contributed by atoms with E-state index in [1.165, 1.54) is 13.1 Å². The maximum atomic E-state index is 11.5.